The van der Waals surface area contributed by atoms with Crippen LogP contribution in [0.25, 0.3) is 0 Å². The summed E-state index contributed by atoms with van der Waals surface area (Å²) in [5, 5.41) is 3.38. The van der Waals surface area contributed by atoms with Gasteiger partial charge in [0.05, 0.1) is 11.4 Å². The fourth-order valence-electron chi connectivity index (χ4n) is 2.92. The van der Waals surface area contributed by atoms with Crippen molar-refractivity contribution >= 4 is 29.0 Å². The van der Waals surface area contributed by atoms with Crippen LogP contribution in [0.5, 0.6) is 0 Å². The minimum Gasteiger partial charge on any atom is -0.367 e. The van der Waals surface area contributed by atoms with Gasteiger partial charge in [0.1, 0.15) is 0 Å². The average Bonchev–Trinajstić information content (AvgIpc) is 2.93. The van der Waals surface area contributed by atoms with Crippen molar-refractivity contribution < 1.29 is 4.79 Å². The second-order valence-electron chi connectivity index (χ2n) is 5.24. The van der Waals surface area contributed by atoms with E-state index in [9.17, 15) is 4.79 Å². The number of carbonyl (C=O) groups excluding carboxylic acids is 1. The molecule has 0 saturated carbocycles. The zero-order valence-electron chi connectivity index (χ0n) is 11.9. The molecule has 2 fully saturated rings. The molecule has 0 atom stereocenters. The molecule has 1 aromatic carbocycles. The number of anilines is 2. The Morgan fingerprint density at radius 3 is 2.60 bits per heavy atom. The van der Waals surface area contributed by atoms with Gasteiger partial charge in [-0.15, -0.1) is 11.8 Å². The van der Waals surface area contributed by atoms with Crippen molar-refractivity contribution in [3.63, 3.8) is 0 Å². The first kappa shape index (κ1) is 13.8. The summed E-state index contributed by atoms with van der Waals surface area (Å²) >= 11 is 1.73. The maximum Gasteiger partial charge on any atom is 0.227 e. The van der Waals surface area contributed by atoms with Gasteiger partial charge in [-0.2, -0.15) is 0 Å². The Bertz CT molecular complexity index is 500. The number of rotatable bonds is 3. The molecule has 1 aromatic rings. The number of piperazine rings is 1. The van der Waals surface area contributed by atoms with Crippen molar-refractivity contribution in [3.05, 3.63) is 18.2 Å². The van der Waals surface area contributed by atoms with Gasteiger partial charge in [-0.05, 0) is 30.9 Å². The molecule has 0 spiro atoms. The first-order chi connectivity index (χ1) is 9.79. The van der Waals surface area contributed by atoms with E-state index >= 15 is 0 Å². The Balaban J connectivity index is 1.97. The molecule has 0 bridgehead atoms. The minimum atomic E-state index is 0.264. The molecule has 0 aromatic heterocycles. The van der Waals surface area contributed by atoms with E-state index in [4.69, 9.17) is 0 Å². The van der Waals surface area contributed by atoms with E-state index in [1.807, 2.05) is 4.90 Å². The van der Waals surface area contributed by atoms with Gasteiger partial charge in [0.2, 0.25) is 5.91 Å². The second-order valence-corrected chi connectivity index (χ2v) is 6.12. The van der Waals surface area contributed by atoms with Gasteiger partial charge in [-0.1, -0.05) is 0 Å². The third-order valence-corrected chi connectivity index (χ3v) is 4.73. The Morgan fingerprint density at radius 2 is 1.95 bits per heavy atom. The first-order valence-electron chi connectivity index (χ1n) is 7.23. The lowest BCUT2D eigenvalue weighted by atomic mass is 10.2. The van der Waals surface area contributed by atoms with Gasteiger partial charge in [0.25, 0.3) is 0 Å². The van der Waals surface area contributed by atoms with Crippen molar-refractivity contribution in [3.8, 4) is 0 Å². The summed E-state index contributed by atoms with van der Waals surface area (Å²) < 4.78 is 0. The molecule has 20 heavy (non-hydrogen) atoms. The van der Waals surface area contributed by atoms with Crippen LogP contribution >= 0.6 is 11.8 Å². The third kappa shape index (κ3) is 2.65. The predicted molar refractivity (Wildman–Crippen MR) is 84.9 cm³/mol. The van der Waals surface area contributed by atoms with Gasteiger partial charge in [-0.25, -0.2) is 0 Å². The number of hydrogen-bond acceptors (Lipinski definition) is 4. The standard InChI is InChI=1S/C15H21N3OS/c1-20-12-4-5-13(17-9-6-16-7-10-17)14(11-12)18-8-2-3-15(18)19/h4-5,11,16H,2-3,6-10H2,1H3. The van der Waals surface area contributed by atoms with Crippen LogP contribution in [0, 0.1) is 0 Å². The van der Waals surface area contributed by atoms with Crippen molar-refractivity contribution in [1.29, 1.82) is 0 Å². The Labute approximate surface area is 124 Å². The molecule has 0 radical (unpaired) electrons. The summed E-state index contributed by atoms with van der Waals surface area (Å²) in [6.07, 6.45) is 3.74. The quantitative estimate of drug-likeness (QED) is 0.864. The largest absolute Gasteiger partial charge is 0.367 e. The monoisotopic (exact) mass is 291 g/mol. The number of thioether (sulfide) groups is 1. The molecule has 2 saturated heterocycles. The van der Waals surface area contributed by atoms with Crippen LogP contribution in [-0.2, 0) is 4.79 Å². The Morgan fingerprint density at radius 1 is 1.15 bits per heavy atom. The second kappa shape index (κ2) is 6.06. The Kier molecular flexibility index (Phi) is 4.17. The highest BCUT2D eigenvalue weighted by atomic mass is 32.2. The van der Waals surface area contributed by atoms with Crippen molar-refractivity contribution in [1.82, 2.24) is 5.32 Å². The summed E-state index contributed by atoms with van der Waals surface area (Å²) in [5.74, 6) is 0.264. The zero-order chi connectivity index (χ0) is 13.9. The van der Waals surface area contributed by atoms with Crippen LogP contribution < -0.4 is 15.1 Å². The van der Waals surface area contributed by atoms with Gasteiger partial charge in [0, 0.05) is 44.0 Å². The smallest absolute Gasteiger partial charge is 0.227 e. The van der Waals surface area contributed by atoms with E-state index in [2.05, 4.69) is 34.7 Å². The third-order valence-electron chi connectivity index (χ3n) is 4.00. The SMILES string of the molecule is CSc1ccc(N2CCNCC2)c(N2CCCC2=O)c1. The zero-order valence-corrected chi connectivity index (χ0v) is 12.7. The van der Waals surface area contributed by atoms with E-state index in [1.54, 1.807) is 11.8 Å². The van der Waals surface area contributed by atoms with Crippen LogP contribution in [0.4, 0.5) is 11.4 Å². The molecule has 108 valence electrons. The first-order valence-corrected chi connectivity index (χ1v) is 8.46. The number of nitrogens with one attached hydrogen (secondary N) is 1. The van der Waals surface area contributed by atoms with E-state index < -0.39 is 0 Å². The maximum absolute atomic E-state index is 12.1. The van der Waals surface area contributed by atoms with Crippen LogP contribution in [0.2, 0.25) is 0 Å². The number of amides is 1. The van der Waals surface area contributed by atoms with Crippen LogP contribution in [0.1, 0.15) is 12.8 Å². The van der Waals surface area contributed by atoms with Crippen molar-refractivity contribution in [2.75, 3.05) is 48.8 Å². The van der Waals surface area contributed by atoms with E-state index in [0.29, 0.717) is 6.42 Å². The fraction of sp³-hybridized carbons (Fsp3) is 0.533. The van der Waals surface area contributed by atoms with Crippen LogP contribution in [0.3, 0.4) is 0 Å². The molecule has 2 aliphatic rings. The topological polar surface area (TPSA) is 35.6 Å². The molecular weight excluding hydrogens is 270 g/mol. The van der Waals surface area contributed by atoms with Crippen molar-refractivity contribution in [2.45, 2.75) is 17.7 Å². The number of hydrogen-bond donors (Lipinski definition) is 1. The molecule has 0 unspecified atom stereocenters. The Hall–Kier alpha value is -1.20. The van der Waals surface area contributed by atoms with Gasteiger partial charge >= 0.3 is 0 Å². The van der Waals surface area contributed by atoms with Crippen molar-refractivity contribution in [2.24, 2.45) is 0 Å². The lowest BCUT2D eigenvalue weighted by Crippen LogP contribution is -2.44. The molecule has 1 N–H and O–H groups in total. The number of carbonyl (C=O) groups is 1. The molecule has 3 rings (SSSR count). The highest BCUT2D eigenvalue weighted by molar-refractivity contribution is 7.98. The summed E-state index contributed by atoms with van der Waals surface area (Å²) in [6, 6.07) is 6.51. The fourth-order valence-corrected chi connectivity index (χ4v) is 3.36. The molecule has 5 heteroatoms. The molecular formula is C15H21N3OS. The molecule has 2 aliphatic heterocycles. The molecule has 1 amide bonds. The van der Waals surface area contributed by atoms with Crippen LogP contribution in [0.15, 0.2) is 23.1 Å². The van der Waals surface area contributed by atoms with E-state index in [0.717, 1.165) is 44.8 Å². The lowest BCUT2D eigenvalue weighted by Gasteiger charge is -2.33. The summed E-state index contributed by atoms with van der Waals surface area (Å²) in [6.45, 7) is 4.90. The maximum atomic E-state index is 12.1. The normalized spacial score (nSPS) is 19.8. The van der Waals surface area contributed by atoms with Gasteiger partial charge in [0.15, 0.2) is 0 Å². The number of nitrogens with zero attached hydrogens (tertiary/aromatic N) is 2. The summed E-state index contributed by atoms with van der Waals surface area (Å²) in [7, 11) is 0. The van der Waals surface area contributed by atoms with Gasteiger partial charge in [-0.3, -0.25) is 4.79 Å². The van der Waals surface area contributed by atoms with Gasteiger partial charge < -0.3 is 15.1 Å². The number of benzene rings is 1. The van der Waals surface area contributed by atoms with E-state index in [1.165, 1.54) is 10.6 Å². The predicted octanol–water partition coefficient (Wildman–Crippen LogP) is 1.94. The molecule has 0 aliphatic carbocycles. The van der Waals surface area contributed by atoms with Crippen LogP contribution in [-0.4, -0.2) is 44.9 Å². The van der Waals surface area contributed by atoms with E-state index in [-0.39, 0.29) is 5.91 Å². The average molecular weight is 291 g/mol. The minimum absolute atomic E-state index is 0.264. The summed E-state index contributed by atoms with van der Waals surface area (Å²) in [4.78, 5) is 17.7. The highest BCUT2D eigenvalue weighted by Crippen LogP contribution is 2.35. The lowest BCUT2D eigenvalue weighted by molar-refractivity contribution is -0.117. The summed E-state index contributed by atoms with van der Waals surface area (Å²) in [5.41, 5.74) is 2.31. The molecule has 4 nitrogen and oxygen atoms in total. The highest BCUT2D eigenvalue weighted by Gasteiger charge is 2.26. The molecule has 2 heterocycles.